The number of aryl methyl sites for hydroxylation is 2. The average Bonchev–Trinajstić information content (AvgIpc) is 3.03. The van der Waals surface area contributed by atoms with Crippen molar-refractivity contribution < 1.29 is 5.11 Å². The third kappa shape index (κ3) is 3.06. The number of hydrogen-bond donors (Lipinski definition) is 1. The lowest BCUT2D eigenvalue weighted by molar-refractivity contribution is 0.474. The van der Waals surface area contributed by atoms with E-state index in [1.54, 1.807) is 28.9 Å². The molecule has 0 amide bonds. The predicted octanol–water partition coefficient (Wildman–Crippen LogP) is 4.94. The van der Waals surface area contributed by atoms with Gasteiger partial charge in [-0.05, 0) is 43.7 Å². The van der Waals surface area contributed by atoms with E-state index >= 15 is 0 Å². The molecule has 4 rings (SSSR count). The van der Waals surface area contributed by atoms with Crippen LogP contribution >= 0.6 is 11.3 Å². The van der Waals surface area contributed by atoms with Gasteiger partial charge in [0, 0.05) is 15.8 Å². The quantitative estimate of drug-likeness (QED) is 0.553. The second kappa shape index (κ2) is 6.85. The largest absolute Gasteiger partial charge is 0.507 e. The lowest BCUT2D eigenvalue weighted by Gasteiger charge is -2.13. The Bertz CT molecular complexity index is 1230. The number of rotatable bonds is 3. The molecule has 27 heavy (non-hydrogen) atoms. The van der Waals surface area contributed by atoms with Crippen molar-refractivity contribution >= 4 is 34.4 Å². The first-order chi connectivity index (χ1) is 13.1. The molecule has 4 aromatic rings. The zero-order chi connectivity index (χ0) is 19.0. The van der Waals surface area contributed by atoms with E-state index in [0.717, 1.165) is 16.1 Å². The Morgan fingerprint density at radius 3 is 2.56 bits per heavy atom. The van der Waals surface area contributed by atoms with Gasteiger partial charge in [0.05, 0.1) is 16.6 Å². The highest BCUT2D eigenvalue weighted by Gasteiger charge is 2.15. The van der Waals surface area contributed by atoms with Crippen LogP contribution in [0.3, 0.4) is 0 Å². The molecule has 2 aromatic heterocycles. The molecule has 0 saturated carbocycles. The molecule has 4 nitrogen and oxygen atoms in total. The van der Waals surface area contributed by atoms with Gasteiger partial charge in [0.2, 0.25) is 0 Å². The summed E-state index contributed by atoms with van der Waals surface area (Å²) >= 11 is 1.53. The molecule has 0 aliphatic heterocycles. The van der Waals surface area contributed by atoms with Crippen molar-refractivity contribution in [3.63, 3.8) is 0 Å². The van der Waals surface area contributed by atoms with Crippen LogP contribution in [0.5, 0.6) is 5.75 Å². The number of phenols is 1. The Balaban J connectivity index is 1.99. The molecule has 0 atom stereocenters. The van der Waals surface area contributed by atoms with Crippen molar-refractivity contribution in [1.29, 1.82) is 0 Å². The molecule has 0 unspecified atom stereocenters. The summed E-state index contributed by atoms with van der Waals surface area (Å²) in [7, 11) is 0. The maximum atomic E-state index is 13.3. The van der Waals surface area contributed by atoms with Gasteiger partial charge in [-0.1, -0.05) is 36.4 Å². The second-order valence-electron chi connectivity index (χ2n) is 6.34. The van der Waals surface area contributed by atoms with Crippen molar-refractivity contribution in [3.8, 4) is 11.4 Å². The molecule has 0 aliphatic rings. The molecular weight excluding hydrogens is 356 g/mol. The molecule has 0 fully saturated rings. The van der Waals surface area contributed by atoms with Crippen LogP contribution in [-0.2, 0) is 0 Å². The van der Waals surface area contributed by atoms with E-state index in [-0.39, 0.29) is 11.3 Å². The zero-order valence-electron chi connectivity index (χ0n) is 15.0. The first-order valence-electron chi connectivity index (χ1n) is 8.59. The highest BCUT2D eigenvalue weighted by Crippen LogP contribution is 2.24. The van der Waals surface area contributed by atoms with E-state index in [1.165, 1.54) is 11.3 Å². The summed E-state index contributed by atoms with van der Waals surface area (Å²) in [6, 6.07) is 14.8. The summed E-state index contributed by atoms with van der Waals surface area (Å²) in [6.07, 6.45) is 3.55. The lowest BCUT2D eigenvalue weighted by Crippen LogP contribution is -2.23. The minimum Gasteiger partial charge on any atom is -0.507 e. The fraction of sp³-hybridized carbons (Fsp3) is 0.0909. The van der Waals surface area contributed by atoms with Crippen LogP contribution in [0.25, 0.3) is 28.7 Å². The summed E-state index contributed by atoms with van der Waals surface area (Å²) in [5.41, 5.74) is 3.09. The van der Waals surface area contributed by atoms with Gasteiger partial charge < -0.3 is 5.11 Å². The number of fused-ring (bicyclic) bond motifs is 1. The Hall–Kier alpha value is -3.18. The number of aromatic hydroxyl groups is 1. The molecule has 1 N–H and O–H groups in total. The van der Waals surface area contributed by atoms with Gasteiger partial charge in [-0.3, -0.25) is 9.36 Å². The maximum Gasteiger partial charge on any atom is 0.267 e. The molecule has 5 heteroatoms. The van der Waals surface area contributed by atoms with Crippen LogP contribution in [0.1, 0.15) is 21.8 Å². The van der Waals surface area contributed by atoms with Gasteiger partial charge in [0.1, 0.15) is 11.6 Å². The molecule has 2 heterocycles. The lowest BCUT2D eigenvalue weighted by atomic mass is 10.1. The Kier molecular flexibility index (Phi) is 4.38. The first-order valence-corrected chi connectivity index (χ1v) is 9.47. The molecule has 0 bridgehead atoms. The number of nitrogens with zero attached hydrogens (tertiary/aromatic N) is 2. The smallest absolute Gasteiger partial charge is 0.267 e. The van der Waals surface area contributed by atoms with E-state index in [9.17, 15) is 9.90 Å². The van der Waals surface area contributed by atoms with Crippen LogP contribution in [0.4, 0.5) is 0 Å². The summed E-state index contributed by atoms with van der Waals surface area (Å²) in [5.74, 6) is 0.717. The first kappa shape index (κ1) is 17.2. The minimum atomic E-state index is -0.0787. The molecule has 0 radical (unpaired) electrons. The third-order valence-corrected chi connectivity index (χ3v) is 5.44. The summed E-state index contributed by atoms with van der Waals surface area (Å²) < 4.78 is 1.65. The Morgan fingerprint density at radius 2 is 1.78 bits per heavy atom. The van der Waals surface area contributed by atoms with Gasteiger partial charge >= 0.3 is 0 Å². The topological polar surface area (TPSA) is 55.1 Å². The number of phenolic OH excluding ortho intramolecular Hbond substituents is 1. The molecule has 0 aliphatic carbocycles. The fourth-order valence-electron chi connectivity index (χ4n) is 3.13. The molecule has 0 saturated heterocycles. The van der Waals surface area contributed by atoms with Crippen LogP contribution in [-0.4, -0.2) is 14.7 Å². The van der Waals surface area contributed by atoms with Gasteiger partial charge in [0.15, 0.2) is 0 Å². The highest BCUT2D eigenvalue weighted by atomic mass is 32.1. The van der Waals surface area contributed by atoms with Gasteiger partial charge in [-0.15, -0.1) is 11.3 Å². The van der Waals surface area contributed by atoms with E-state index in [2.05, 4.69) is 0 Å². The van der Waals surface area contributed by atoms with Crippen molar-refractivity contribution in [2.75, 3.05) is 0 Å². The zero-order valence-corrected chi connectivity index (χ0v) is 15.8. The van der Waals surface area contributed by atoms with Crippen molar-refractivity contribution in [1.82, 2.24) is 9.55 Å². The third-order valence-electron chi connectivity index (χ3n) is 4.54. The fourth-order valence-corrected chi connectivity index (χ4v) is 3.89. The van der Waals surface area contributed by atoms with E-state index in [0.29, 0.717) is 22.3 Å². The number of benzene rings is 2. The number of thiophene rings is 1. The second-order valence-corrected chi connectivity index (χ2v) is 7.43. The number of hydrogen-bond acceptors (Lipinski definition) is 4. The van der Waals surface area contributed by atoms with E-state index in [4.69, 9.17) is 4.98 Å². The van der Waals surface area contributed by atoms with Gasteiger partial charge in [0.25, 0.3) is 5.56 Å². The molecule has 134 valence electrons. The van der Waals surface area contributed by atoms with Crippen LogP contribution in [0.15, 0.2) is 58.7 Å². The average molecular weight is 374 g/mol. The SMILES string of the molecule is Cc1ccccc1-n1c(C=Cc2ccccc2O)nc2csc(C)c2c1=O. The van der Waals surface area contributed by atoms with E-state index < -0.39 is 0 Å². The summed E-state index contributed by atoms with van der Waals surface area (Å²) in [4.78, 5) is 19.0. The predicted molar refractivity (Wildman–Crippen MR) is 112 cm³/mol. The summed E-state index contributed by atoms with van der Waals surface area (Å²) in [5, 5.41) is 12.6. The number of aromatic nitrogens is 2. The van der Waals surface area contributed by atoms with Crippen LogP contribution in [0, 0.1) is 13.8 Å². The Morgan fingerprint density at radius 1 is 1.04 bits per heavy atom. The Labute approximate surface area is 160 Å². The number of para-hydroxylation sites is 2. The maximum absolute atomic E-state index is 13.3. The minimum absolute atomic E-state index is 0.0787. The summed E-state index contributed by atoms with van der Waals surface area (Å²) in [6.45, 7) is 3.92. The van der Waals surface area contributed by atoms with Crippen LogP contribution < -0.4 is 5.56 Å². The highest BCUT2D eigenvalue weighted by molar-refractivity contribution is 7.11. The molecule has 0 spiro atoms. The standard InChI is InChI=1S/C22H18N2O2S/c1-14-7-3-5-9-18(14)24-20(12-11-16-8-4-6-10-19(16)25)23-17-13-27-15(2)21(17)22(24)26/h3-13,25H,1-2H3. The van der Waals surface area contributed by atoms with E-state index in [1.807, 2.05) is 55.6 Å². The van der Waals surface area contributed by atoms with Crippen molar-refractivity contribution in [3.05, 3.63) is 86.1 Å². The normalized spacial score (nSPS) is 11.5. The van der Waals surface area contributed by atoms with Gasteiger partial charge in [-0.2, -0.15) is 0 Å². The monoisotopic (exact) mass is 374 g/mol. The molecular formula is C22H18N2O2S. The van der Waals surface area contributed by atoms with Gasteiger partial charge in [-0.25, -0.2) is 4.98 Å². The van der Waals surface area contributed by atoms with Crippen LogP contribution in [0.2, 0.25) is 0 Å². The molecule has 2 aromatic carbocycles. The van der Waals surface area contributed by atoms with Crippen molar-refractivity contribution in [2.24, 2.45) is 0 Å². The van der Waals surface area contributed by atoms with Crippen molar-refractivity contribution in [2.45, 2.75) is 13.8 Å².